The molecule has 1 N–H and O–H groups in total. The van der Waals surface area contributed by atoms with Crippen molar-refractivity contribution in [2.45, 2.75) is 31.7 Å². The molecular formula is C13H23N5O. The van der Waals surface area contributed by atoms with Gasteiger partial charge in [0, 0.05) is 51.9 Å². The van der Waals surface area contributed by atoms with Crippen LogP contribution in [0.4, 0.5) is 5.95 Å². The number of nitrogens with zero attached hydrogens (tertiary/aromatic N) is 4. The molecule has 106 valence electrons. The molecule has 0 aliphatic carbocycles. The topological polar surface area (TPSA) is 55.2 Å². The minimum absolute atomic E-state index is 0.471. The van der Waals surface area contributed by atoms with Gasteiger partial charge in [-0.25, -0.2) is 0 Å². The molecule has 3 rings (SSSR count). The van der Waals surface area contributed by atoms with Gasteiger partial charge in [-0.1, -0.05) is 0 Å². The van der Waals surface area contributed by atoms with Crippen molar-refractivity contribution in [3.05, 3.63) is 5.82 Å². The molecule has 1 aromatic heterocycles. The second kappa shape index (κ2) is 5.46. The summed E-state index contributed by atoms with van der Waals surface area (Å²) in [6.07, 6.45) is 2.12. The summed E-state index contributed by atoms with van der Waals surface area (Å²) in [4.78, 5) is 2.35. The zero-order valence-electron chi connectivity index (χ0n) is 11.8. The molecule has 6 nitrogen and oxygen atoms in total. The summed E-state index contributed by atoms with van der Waals surface area (Å²) >= 11 is 0. The van der Waals surface area contributed by atoms with Gasteiger partial charge in [-0.15, -0.1) is 10.2 Å². The average Bonchev–Trinajstić information content (AvgIpc) is 2.82. The van der Waals surface area contributed by atoms with Gasteiger partial charge >= 0.3 is 0 Å². The molecule has 2 aliphatic heterocycles. The van der Waals surface area contributed by atoms with Gasteiger partial charge in [-0.2, -0.15) is 0 Å². The number of nitrogens with one attached hydrogen (secondary N) is 1. The quantitative estimate of drug-likeness (QED) is 0.844. The number of ether oxygens (including phenoxy) is 1. The Kier molecular flexibility index (Phi) is 3.70. The first-order valence-electron chi connectivity index (χ1n) is 7.21. The summed E-state index contributed by atoms with van der Waals surface area (Å²) < 4.78 is 7.60. The van der Waals surface area contributed by atoms with Crippen molar-refractivity contribution >= 4 is 5.95 Å². The van der Waals surface area contributed by atoms with E-state index in [0.29, 0.717) is 12.0 Å². The molecule has 0 saturated carbocycles. The molecule has 2 fully saturated rings. The molecule has 2 saturated heterocycles. The van der Waals surface area contributed by atoms with Crippen molar-refractivity contribution in [3.8, 4) is 0 Å². The van der Waals surface area contributed by atoms with Crippen LogP contribution >= 0.6 is 0 Å². The Morgan fingerprint density at radius 1 is 1.26 bits per heavy atom. The van der Waals surface area contributed by atoms with E-state index in [0.717, 1.165) is 57.5 Å². The van der Waals surface area contributed by atoms with Gasteiger partial charge < -0.3 is 19.5 Å². The molecule has 3 heterocycles. The van der Waals surface area contributed by atoms with Crippen LogP contribution in [0.2, 0.25) is 0 Å². The van der Waals surface area contributed by atoms with Gasteiger partial charge in [0.2, 0.25) is 5.95 Å². The van der Waals surface area contributed by atoms with Gasteiger partial charge in [-0.3, -0.25) is 0 Å². The van der Waals surface area contributed by atoms with Crippen molar-refractivity contribution in [3.63, 3.8) is 0 Å². The van der Waals surface area contributed by atoms with E-state index in [1.54, 1.807) is 0 Å². The summed E-state index contributed by atoms with van der Waals surface area (Å²) in [5.74, 6) is 2.62. The number of hydrogen-bond acceptors (Lipinski definition) is 5. The van der Waals surface area contributed by atoms with Crippen LogP contribution in [-0.2, 0) is 11.8 Å². The molecule has 0 aromatic carbocycles. The third-order valence-electron chi connectivity index (χ3n) is 4.23. The lowest BCUT2D eigenvalue weighted by Crippen LogP contribution is -2.50. The highest BCUT2D eigenvalue weighted by Gasteiger charge is 2.27. The summed E-state index contributed by atoms with van der Waals surface area (Å²) in [7, 11) is 2.09. The van der Waals surface area contributed by atoms with E-state index in [9.17, 15) is 0 Å². The third-order valence-corrected chi connectivity index (χ3v) is 4.23. The molecule has 1 atom stereocenters. The van der Waals surface area contributed by atoms with Crippen molar-refractivity contribution < 1.29 is 4.74 Å². The van der Waals surface area contributed by atoms with E-state index in [2.05, 4.69) is 39.0 Å². The van der Waals surface area contributed by atoms with Gasteiger partial charge in [0.1, 0.15) is 5.82 Å². The summed E-state index contributed by atoms with van der Waals surface area (Å²) in [5, 5.41) is 12.3. The van der Waals surface area contributed by atoms with Crippen LogP contribution in [0.15, 0.2) is 0 Å². The van der Waals surface area contributed by atoms with E-state index < -0.39 is 0 Å². The van der Waals surface area contributed by atoms with Crippen LogP contribution in [-0.4, -0.2) is 53.7 Å². The van der Waals surface area contributed by atoms with Crippen LogP contribution < -0.4 is 10.2 Å². The van der Waals surface area contributed by atoms with E-state index in [4.69, 9.17) is 4.74 Å². The summed E-state index contributed by atoms with van der Waals surface area (Å²) in [6, 6.07) is 0.471. The zero-order valence-corrected chi connectivity index (χ0v) is 11.8. The largest absolute Gasteiger partial charge is 0.381 e. The lowest BCUT2D eigenvalue weighted by atomic mass is 10.00. The number of anilines is 1. The average molecular weight is 265 g/mol. The molecular weight excluding hydrogens is 242 g/mol. The van der Waals surface area contributed by atoms with Gasteiger partial charge in [0.25, 0.3) is 0 Å². The summed E-state index contributed by atoms with van der Waals surface area (Å²) in [5.41, 5.74) is 0. The van der Waals surface area contributed by atoms with Crippen molar-refractivity contribution in [2.75, 3.05) is 37.7 Å². The molecule has 1 aromatic rings. The maximum atomic E-state index is 5.43. The minimum atomic E-state index is 0.471. The van der Waals surface area contributed by atoms with Crippen molar-refractivity contribution in [2.24, 2.45) is 7.05 Å². The number of hydrogen-bond donors (Lipinski definition) is 1. The van der Waals surface area contributed by atoms with Crippen LogP contribution in [0, 0.1) is 0 Å². The fourth-order valence-corrected chi connectivity index (χ4v) is 3.03. The van der Waals surface area contributed by atoms with Gasteiger partial charge in [-0.05, 0) is 19.8 Å². The number of rotatable bonds is 2. The fourth-order valence-electron chi connectivity index (χ4n) is 3.03. The van der Waals surface area contributed by atoms with E-state index in [1.807, 2.05) is 0 Å². The van der Waals surface area contributed by atoms with Gasteiger partial charge in [0.05, 0.1) is 0 Å². The highest BCUT2D eigenvalue weighted by Crippen LogP contribution is 2.27. The zero-order chi connectivity index (χ0) is 13.2. The standard InChI is InChI=1S/C13H23N5O/c1-10-9-14-5-6-18(10)13-16-15-12(17(13)2)11-3-7-19-8-4-11/h10-11,14H,3-9H2,1-2H3. The molecule has 0 bridgehead atoms. The Hall–Kier alpha value is -1.14. The minimum Gasteiger partial charge on any atom is -0.381 e. The SMILES string of the molecule is CC1CNCCN1c1nnc(C2CCOCC2)n1C. The monoisotopic (exact) mass is 265 g/mol. The molecule has 1 unspecified atom stereocenters. The maximum absolute atomic E-state index is 5.43. The maximum Gasteiger partial charge on any atom is 0.227 e. The Bertz CT molecular complexity index is 427. The lowest BCUT2D eigenvalue weighted by Gasteiger charge is -2.34. The Labute approximate surface area is 114 Å². The molecule has 0 radical (unpaired) electrons. The Morgan fingerprint density at radius 2 is 2.05 bits per heavy atom. The smallest absolute Gasteiger partial charge is 0.227 e. The predicted molar refractivity (Wildman–Crippen MR) is 73.5 cm³/mol. The second-order valence-corrected chi connectivity index (χ2v) is 5.55. The van der Waals surface area contributed by atoms with Crippen molar-refractivity contribution in [1.82, 2.24) is 20.1 Å². The second-order valence-electron chi connectivity index (χ2n) is 5.55. The fraction of sp³-hybridized carbons (Fsp3) is 0.846. The van der Waals surface area contributed by atoms with E-state index in [1.165, 1.54) is 0 Å². The first-order chi connectivity index (χ1) is 9.27. The lowest BCUT2D eigenvalue weighted by molar-refractivity contribution is 0.0829. The summed E-state index contributed by atoms with van der Waals surface area (Å²) in [6.45, 7) is 6.95. The van der Waals surface area contributed by atoms with Crippen LogP contribution in [0.5, 0.6) is 0 Å². The normalized spacial score (nSPS) is 25.8. The van der Waals surface area contributed by atoms with E-state index >= 15 is 0 Å². The van der Waals surface area contributed by atoms with E-state index in [-0.39, 0.29) is 0 Å². The highest BCUT2D eigenvalue weighted by molar-refractivity contribution is 5.34. The number of piperazine rings is 1. The molecule has 2 aliphatic rings. The number of aromatic nitrogens is 3. The first-order valence-corrected chi connectivity index (χ1v) is 7.21. The Morgan fingerprint density at radius 3 is 2.79 bits per heavy atom. The third kappa shape index (κ3) is 2.47. The molecule has 6 heteroatoms. The van der Waals surface area contributed by atoms with Crippen molar-refractivity contribution in [1.29, 1.82) is 0 Å². The first kappa shape index (κ1) is 12.9. The Balaban J connectivity index is 1.81. The molecule has 0 amide bonds. The van der Waals surface area contributed by atoms with Crippen LogP contribution in [0.3, 0.4) is 0 Å². The predicted octanol–water partition coefficient (Wildman–Crippen LogP) is 0.507. The molecule has 19 heavy (non-hydrogen) atoms. The van der Waals surface area contributed by atoms with Gasteiger partial charge in [0.15, 0.2) is 0 Å². The highest BCUT2D eigenvalue weighted by atomic mass is 16.5. The van der Waals surface area contributed by atoms with Crippen LogP contribution in [0.1, 0.15) is 31.5 Å². The molecule has 0 spiro atoms. The van der Waals surface area contributed by atoms with Crippen LogP contribution in [0.25, 0.3) is 0 Å².